The number of para-hydroxylation sites is 1. The number of rotatable bonds is 4. The SMILES string of the molecule is Cc1cccc(-n2c(=O)c3sccc3n(CC(=O)Nc3c(C)cccc3C)c2=O)c1C. The third kappa shape index (κ3) is 3.61. The number of fused-ring (bicyclic) bond motifs is 1. The number of hydrogen-bond donors (Lipinski definition) is 1. The van der Waals surface area contributed by atoms with E-state index in [1.165, 1.54) is 20.5 Å². The number of nitrogens with zero attached hydrogens (tertiary/aromatic N) is 2. The molecule has 1 N–H and O–H groups in total. The second kappa shape index (κ2) is 8.00. The van der Waals surface area contributed by atoms with E-state index in [-0.39, 0.29) is 18.0 Å². The average Bonchev–Trinajstić information content (AvgIpc) is 3.21. The largest absolute Gasteiger partial charge is 0.336 e. The number of thiophene rings is 1. The molecule has 0 radical (unpaired) electrons. The standard InChI is InChI=1S/C24H23N3O3S/c1-14-7-6-10-18(17(14)4)27-23(29)22-19(11-12-31-22)26(24(27)30)13-20(28)25-21-15(2)8-5-9-16(21)3/h5-12H,13H2,1-4H3,(H,25,28). The predicted molar refractivity (Wildman–Crippen MR) is 126 cm³/mol. The van der Waals surface area contributed by atoms with Gasteiger partial charge in [0.25, 0.3) is 5.56 Å². The highest BCUT2D eigenvalue weighted by atomic mass is 32.1. The lowest BCUT2D eigenvalue weighted by atomic mass is 10.1. The Balaban J connectivity index is 1.84. The molecule has 4 rings (SSSR count). The Morgan fingerprint density at radius 1 is 0.935 bits per heavy atom. The highest BCUT2D eigenvalue weighted by Gasteiger charge is 2.19. The van der Waals surface area contributed by atoms with Crippen LogP contribution in [-0.2, 0) is 11.3 Å². The minimum Gasteiger partial charge on any atom is -0.324 e. The first-order valence-corrected chi connectivity index (χ1v) is 10.8. The van der Waals surface area contributed by atoms with Crippen LogP contribution >= 0.6 is 11.3 Å². The number of benzene rings is 2. The van der Waals surface area contributed by atoms with Crippen molar-refractivity contribution in [3.8, 4) is 5.69 Å². The van der Waals surface area contributed by atoms with Gasteiger partial charge in [-0.15, -0.1) is 11.3 Å². The molecule has 0 aliphatic rings. The summed E-state index contributed by atoms with van der Waals surface area (Å²) in [6.45, 7) is 7.47. The average molecular weight is 434 g/mol. The van der Waals surface area contributed by atoms with Gasteiger partial charge in [-0.2, -0.15) is 0 Å². The molecule has 0 aliphatic heterocycles. The van der Waals surface area contributed by atoms with Crippen molar-refractivity contribution in [1.29, 1.82) is 0 Å². The third-order valence-electron chi connectivity index (χ3n) is 5.62. The van der Waals surface area contributed by atoms with Crippen LogP contribution in [-0.4, -0.2) is 15.0 Å². The third-order valence-corrected chi connectivity index (χ3v) is 6.51. The molecule has 0 bridgehead atoms. The fraction of sp³-hybridized carbons (Fsp3) is 0.208. The van der Waals surface area contributed by atoms with Crippen LogP contribution in [0.2, 0.25) is 0 Å². The number of carbonyl (C=O) groups excluding carboxylic acids is 1. The minimum absolute atomic E-state index is 0.189. The Labute approximate surface area is 183 Å². The van der Waals surface area contributed by atoms with E-state index in [0.29, 0.717) is 15.9 Å². The van der Waals surface area contributed by atoms with E-state index in [1.54, 1.807) is 17.5 Å². The number of aryl methyl sites for hydroxylation is 3. The zero-order chi connectivity index (χ0) is 22.3. The van der Waals surface area contributed by atoms with Gasteiger partial charge in [-0.05, 0) is 67.5 Å². The van der Waals surface area contributed by atoms with Crippen LogP contribution in [0.15, 0.2) is 57.4 Å². The van der Waals surface area contributed by atoms with Crippen LogP contribution in [0.25, 0.3) is 15.9 Å². The van der Waals surface area contributed by atoms with E-state index in [9.17, 15) is 14.4 Å². The van der Waals surface area contributed by atoms with Crippen LogP contribution in [0, 0.1) is 27.7 Å². The van der Waals surface area contributed by atoms with E-state index in [1.807, 2.05) is 58.0 Å². The quantitative estimate of drug-likeness (QED) is 0.527. The molecule has 0 saturated heterocycles. The van der Waals surface area contributed by atoms with Gasteiger partial charge >= 0.3 is 5.69 Å². The number of nitrogens with one attached hydrogen (secondary N) is 1. The summed E-state index contributed by atoms with van der Waals surface area (Å²) in [6, 6.07) is 13.0. The van der Waals surface area contributed by atoms with Gasteiger partial charge in [-0.25, -0.2) is 9.36 Å². The minimum atomic E-state index is -0.527. The Bertz CT molecular complexity index is 1420. The first-order chi connectivity index (χ1) is 14.8. The number of aromatic nitrogens is 2. The molecule has 158 valence electrons. The zero-order valence-electron chi connectivity index (χ0n) is 17.9. The lowest BCUT2D eigenvalue weighted by Crippen LogP contribution is -2.40. The maximum atomic E-state index is 13.4. The molecule has 0 spiro atoms. The number of anilines is 1. The normalized spacial score (nSPS) is 11.1. The summed E-state index contributed by atoms with van der Waals surface area (Å²) in [5.74, 6) is -0.321. The Kier molecular flexibility index (Phi) is 5.37. The van der Waals surface area contributed by atoms with Crippen molar-refractivity contribution >= 4 is 33.1 Å². The van der Waals surface area contributed by atoms with E-state index >= 15 is 0 Å². The molecular weight excluding hydrogens is 410 g/mol. The lowest BCUT2D eigenvalue weighted by Gasteiger charge is -2.16. The van der Waals surface area contributed by atoms with Gasteiger partial charge in [0.15, 0.2) is 0 Å². The second-order valence-corrected chi connectivity index (χ2v) is 8.59. The van der Waals surface area contributed by atoms with Gasteiger partial charge in [0.05, 0.1) is 11.2 Å². The molecule has 6 nitrogen and oxygen atoms in total. The highest BCUT2D eigenvalue weighted by Crippen LogP contribution is 2.21. The maximum Gasteiger partial charge on any atom is 0.336 e. The summed E-state index contributed by atoms with van der Waals surface area (Å²) in [5, 5.41) is 4.69. The van der Waals surface area contributed by atoms with Crippen LogP contribution in [0.4, 0.5) is 5.69 Å². The summed E-state index contributed by atoms with van der Waals surface area (Å²) < 4.78 is 2.99. The first kappa shape index (κ1) is 20.8. The number of amides is 1. The fourth-order valence-electron chi connectivity index (χ4n) is 3.76. The van der Waals surface area contributed by atoms with Gasteiger partial charge in [0.1, 0.15) is 11.2 Å². The van der Waals surface area contributed by atoms with Crippen LogP contribution in [0.3, 0.4) is 0 Å². The van der Waals surface area contributed by atoms with Crippen molar-refractivity contribution in [1.82, 2.24) is 9.13 Å². The zero-order valence-corrected chi connectivity index (χ0v) is 18.7. The maximum absolute atomic E-state index is 13.4. The van der Waals surface area contributed by atoms with Gasteiger partial charge < -0.3 is 5.32 Å². The molecule has 31 heavy (non-hydrogen) atoms. The molecule has 0 saturated carbocycles. The molecule has 2 aromatic heterocycles. The summed E-state index contributed by atoms with van der Waals surface area (Å²) >= 11 is 1.27. The van der Waals surface area contributed by atoms with E-state index in [2.05, 4.69) is 5.32 Å². The van der Waals surface area contributed by atoms with Crippen molar-refractivity contribution < 1.29 is 4.79 Å². The lowest BCUT2D eigenvalue weighted by molar-refractivity contribution is -0.116. The van der Waals surface area contributed by atoms with Crippen molar-refractivity contribution in [2.75, 3.05) is 5.32 Å². The number of hydrogen-bond acceptors (Lipinski definition) is 4. The van der Waals surface area contributed by atoms with Crippen LogP contribution < -0.4 is 16.6 Å². The molecule has 7 heteroatoms. The molecule has 2 heterocycles. The Hall–Kier alpha value is -3.45. The molecule has 0 atom stereocenters. The predicted octanol–water partition coefficient (Wildman–Crippen LogP) is 4.09. The van der Waals surface area contributed by atoms with Crippen molar-refractivity contribution in [3.05, 3.63) is 90.9 Å². The van der Waals surface area contributed by atoms with E-state index < -0.39 is 5.69 Å². The molecular formula is C24H23N3O3S. The Morgan fingerprint density at radius 2 is 1.58 bits per heavy atom. The van der Waals surface area contributed by atoms with Crippen LogP contribution in [0.5, 0.6) is 0 Å². The van der Waals surface area contributed by atoms with E-state index in [4.69, 9.17) is 0 Å². The summed E-state index contributed by atoms with van der Waals surface area (Å²) in [6.07, 6.45) is 0. The van der Waals surface area contributed by atoms with Crippen LogP contribution in [0.1, 0.15) is 22.3 Å². The van der Waals surface area contributed by atoms with Gasteiger partial charge in [0.2, 0.25) is 5.91 Å². The van der Waals surface area contributed by atoms with Gasteiger partial charge in [-0.3, -0.25) is 14.2 Å². The number of carbonyl (C=O) groups is 1. The summed E-state index contributed by atoms with van der Waals surface area (Å²) in [4.78, 5) is 39.5. The fourth-order valence-corrected chi connectivity index (χ4v) is 4.59. The second-order valence-electron chi connectivity index (χ2n) is 7.68. The molecule has 4 aromatic rings. The molecule has 0 unspecified atom stereocenters. The van der Waals surface area contributed by atoms with Crippen molar-refractivity contribution in [3.63, 3.8) is 0 Å². The Morgan fingerprint density at radius 3 is 2.29 bits per heavy atom. The summed E-state index contributed by atoms with van der Waals surface area (Å²) in [7, 11) is 0. The van der Waals surface area contributed by atoms with Gasteiger partial charge in [0, 0.05) is 5.69 Å². The van der Waals surface area contributed by atoms with Gasteiger partial charge in [-0.1, -0.05) is 30.3 Å². The topological polar surface area (TPSA) is 73.1 Å². The molecule has 0 aliphatic carbocycles. The molecule has 1 amide bonds. The highest BCUT2D eigenvalue weighted by molar-refractivity contribution is 7.17. The smallest absolute Gasteiger partial charge is 0.324 e. The van der Waals surface area contributed by atoms with Crippen molar-refractivity contribution in [2.45, 2.75) is 34.2 Å². The monoisotopic (exact) mass is 433 g/mol. The first-order valence-electron chi connectivity index (χ1n) is 9.95. The molecule has 2 aromatic carbocycles. The summed E-state index contributed by atoms with van der Waals surface area (Å²) in [5.41, 5.74) is 4.58. The molecule has 0 fully saturated rings. The van der Waals surface area contributed by atoms with Crippen molar-refractivity contribution in [2.24, 2.45) is 0 Å². The van der Waals surface area contributed by atoms with E-state index in [0.717, 1.165) is 27.9 Å².